The quantitative estimate of drug-likeness (QED) is 0.693. The largest absolute Gasteiger partial charge is 0.495 e. The molecule has 0 aliphatic carbocycles. The third kappa shape index (κ3) is 5.46. The van der Waals surface area contributed by atoms with E-state index >= 15 is 0 Å². The molecule has 2 amide bonds. The van der Waals surface area contributed by atoms with Crippen LogP contribution in [0.15, 0.2) is 42.5 Å². The van der Waals surface area contributed by atoms with Crippen molar-refractivity contribution >= 4 is 52.5 Å². The number of carbonyl (C=O) groups is 2. The number of hydrogen-bond donors (Lipinski definition) is 1. The summed E-state index contributed by atoms with van der Waals surface area (Å²) in [6.45, 7) is 4.61. The fourth-order valence-corrected chi connectivity index (χ4v) is 3.89. The fraction of sp³-hybridized carbons (Fsp3) is 0.273. The van der Waals surface area contributed by atoms with Gasteiger partial charge >= 0.3 is 0 Å². The van der Waals surface area contributed by atoms with Gasteiger partial charge in [-0.3, -0.25) is 9.59 Å². The first kappa shape index (κ1) is 22.0. The minimum absolute atomic E-state index is 0.110. The van der Waals surface area contributed by atoms with Crippen molar-refractivity contribution in [3.63, 3.8) is 0 Å². The lowest BCUT2D eigenvalue weighted by molar-refractivity contribution is -0.129. The van der Waals surface area contributed by atoms with Gasteiger partial charge in [0.1, 0.15) is 5.75 Å². The number of nitrogens with one attached hydrogen (secondary N) is 1. The van der Waals surface area contributed by atoms with Gasteiger partial charge in [0, 0.05) is 61.1 Å². The number of amides is 2. The lowest BCUT2D eigenvalue weighted by atomic mass is 10.2. The van der Waals surface area contributed by atoms with Crippen molar-refractivity contribution in [1.82, 2.24) is 4.90 Å². The standard InChI is InChI=1S/C22H23Cl2N3O3/c1-15(28)26-9-11-27(12-10-26)19-6-4-18(5-7-19)25-21(29)8-3-16-13-17(23)14-20(24)22(16)30-2/h3-8,13-14H,9-12H2,1-2H3,(H,25,29)/b8-3+. The second-order valence-corrected chi connectivity index (χ2v) is 7.72. The van der Waals surface area contributed by atoms with Gasteiger partial charge in [-0.1, -0.05) is 23.2 Å². The zero-order chi connectivity index (χ0) is 21.7. The summed E-state index contributed by atoms with van der Waals surface area (Å²) >= 11 is 12.1. The molecule has 2 aromatic rings. The van der Waals surface area contributed by atoms with Crippen molar-refractivity contribution in [3.8, 4) is 5.75 Å². The Bertz CT molecular complexity index is 953. The molecule has 0 atom stereocenters. The third-order valence-corrected chi connectivity index (χ3v) is 5.38. The van der Waals surface area contributed by atoms with Crippen LogP contribution >= 0.6 is 23.2 Å². The van der Waals surface area contributed by atoms with Crippen molar-refractivity contribution in [2.75, 3.05) is 43.5 Å². The monoisotopic (exact) mass is 447 g/mol. The number of rotatable bonds is 5. The average Bonchev–Trinajstić information content (AvgIpc) is 2.72. The molecule has 1 fully saturated rings. The number of carbonyl (C=O) groups excluding carboxylic acids is 2. The number of anilines is 2. The summed E-state index contributed by atoms with van der Waals surface area (Å²) in [5.74, 6) is 0.286. The van der Waals surface area contributed by atoms with E-state index in [1.54, 1.807) is 25.1 Å². The topological polar surface area (TPSA) is 61.9 Å². The second-order valence-electron chi connectivity index (χ2n) is 6.87. The molecule has 0 unspecified atom stereocenters. The van der Waals surface area contributed by atoms with Gasteiger partial charge in [-0.15, -0.1) is 0 Å². The molecule has 6 nitrogen and oxygen atoms in total. The van der Waals surface area contributed by atoms with E-state index in [4.69, 9.17) is 27.9 Å². The highest BCUT2D eigenvalue weighted by Crippen LogP contribution is 2.33. The van der Waals surface area contributed by atoms with Gasteiger partial charge in [0.05, 0.1) is 12.1 Å². The molecule has 3 rings (SSSR count). The zero-order valence-corrected chi connectivity index (χ0v) is 18.3. The second kappa shape index (κ2) is 9.87. The Morgan fingerprint density at radius 1 is 1.07 bits per heavy atom. The van der Waals surface area contributed by atoms with Gasteiger partial charge in [0.2, 0.25) is 11.8 Å². The number of piperazine rings is 1. The van der Waals surface area contributed by atoms with Crippen LogP contribution in [0, 0.1) is 0 Å². The van der Waals surface area contributed by atoms with E-state index in [1.807, 2.05) is 29.2 Å². The lowest BCUT2D eigenvalue weighted by Gasteiger charge is -2.35. The first-order valence-corrected chi connectivity index (χ1v) is 10.3. The molecular weight excluding hydrogens is 425 g/mol. The molecule has 158 valence electrons. The molecule has 1 N–H and O–H groups in total. The number of nitrogens with zero attached hydrogens (tertiary/aromatic N) is 2. The minimum Gasteiger partial charge on any atom is -0.495 e. The fourth-order valence-electron chi connectivity index (χ4n) is 3.30. The molecule has 0 aromatic heterocycles. The summed E-state index contributed by atoms with van der Waals surface area (Å²) in [6, 6.07) is 10.9. The third-order valence-electron chi connectivity index (χ3n) is 4.88. The maximum Gasteiger partial charge on any atom is 0.248 e. The van der Waals surface area contributed by atoms with Crippen LogP contribution in [0.3, 0.4) is 0 Å². The number of ether oxygens (including phenoxy) is 1. The van der Waals surface area contributed by atoms with Gasteiger partial charge in [0.15, 0.2) is 0 Å². The number of methoxy groups -OCH3 is 1. The Labute approximate surface area is 186 Å². The van der Waals surface area contributed by atoms with Crippen molar-refractivity contribution in [1.29, 1.82) is 0 Å². The highest BCUT2D eigenvalue weighted by molar-refractivity contribution is 6.36. The van der Waals surface area contributed by atoms with Crippen LogP contribution in [0.2, 0.25) is 10.0 Å². The highest BCUT2D eigenvalue weighted by atomic mass is 35.5. The lowest BCUT2D eigenvalue weighted by Crippen LogP contribution is -2.48. The summed E-state index contributed by atoms with van der Waals surface area (Å²) in [5.41, 5.74) is 2.36. The van der Waals surface area contributed by atoms with Crippen molar-refractivity contribution < 1.29 is 14.3 Å². The Morgan fingerprint density at radius 3 is 2.33 bits per heavy atom. The van der Waals surface area contributed by atoms with Gasteiger partial charge in [-0.05, 0) is 42.5 Å². The van der Waals surface area contributed by atoms with Gasteiger partial charge in [-0.2, -0.15) is 0 Å². The van der Waals surface area contributed by atoms with E-state index < -0.39 is 0 Å². The van der Waals surface area contributed by atoms with Crippen LogP contribution in [-0.4, -0.2) is 50.0 Å². The molecule has 1 heterocycles. The molecule has 0 saturated carbocycles. The number of benzene rings is 2. The molecule has 0 bridgehead atoms. The Balaban J connectivity index is 1.60. The molecule has 1 saturated heterocycles. The van der Waals surface area contributed by atoms with E-state index in [0.29, 0.717) is 27.0 Å². The first-order chi connectivity index (χ1) is 14.4. The van der Waals surface area contributed by atoms with Crippen LogP contribution in [0.1, 0.15) is 12.5 Å². The Hall–Kier alpha value is -2.70. The summed E-state index contributed by atoms with van der Waals surface area (Å²) < 4.78 is 5.27. The van der Waals surface area contributed by atoms with Gasteiger partial charge < -0.3 is 19.9 Å². The van der Waals surface area contributed by atoms with Crippen LogP contribution in [0.25, 0.3) is 6.08 Å². The van der Waals surface area contributed by atoms with Crippen molar-refractivity contribution in [3.05, 3.63) is 58.1 Å². The normalized spacial score (nSPS) is 14.1. The van der Waals surface area contributed by atoms with Crippen LogP contribution in [0.4, 0.5) is 11.4 Å². The molecule has 1 aliphatic heterocycles. The van der Waals surface area contributed by atoms with Gasteiger partial charge in [-0.25, -0.2) is 0 Å². The smallest absolute Gasteiger partial charge is 0.248 e. The molecule has 0 spiro atoms. The Kier molecular flexibility index (Phi) is 7.24. The maximum atomic E-state index is 12.3. The minimum atomic E-state index is -0.282. The molecule has 8 heteroatoms. The molecule has 30 heavy (non-hydrogen) atoms. The zero-order valence-electron chi connectivity index (χ0n) is 16.8. The van der Waals surface area contributed by atoms with Gasteiger partial charge in [0.25, 0.3) is 0 Å². The number of halogens is 2. The maximum absolute atomic E-state index is 12.3. The molecule has 0 radical (unpaired) electrons. The van der Waals surface area contributed by atoms with E-state index in [-0.39, 0.29) is 11.8 Å². The summed E-state index contributed by atoms with van der Waals surface area (Å²) in [4.78, 5) is 27.8. The molecular formula is C22H23Cl2N3O3. The van der Waals surface area contributed by atoms with Crippen molar-refractivity contribution in [2.24, 2.45) is 0 Å². The summed E-state index contributed by atoms with van der Waals surface area (Å²) in [5, 5.41) is 3.67. The number of hydrogen-bond acceptors (Lipinski definition) is 4. The van der Waals surface area contributed by atoms with Crippen LogP contribution in [0.5, 0.6) is 5.75 Å². The average molecular weight is 448 g/mol. The SMILES string of the molecule is COc1c(Cl)cc(Cl)cc1/C=C/C(=O)Nc1ccc(N2CCN(C(C)=O)CC2)cc1. The van der Waals surface area contributed by atoms with E-state index in [2.05, 4.69) is 10.2 Å². The summed E-state index contributed by atoms with van der Waals surface area (Å²) in [7, 11) is 1.51. The Morgan fingerprint density at radius 2 is 1.73 bits per heavy atom. The van der Waals surface area contributed by atoms with Crippen LogP contribution < -0.4 is 15.0 Å². The van der Waals surface area contributed by atoms with Crippen LogP contribution in [-0.2, 0) is 9.59 Å². The van der Waals surface area contributed by atoms with E-state index in [1.165, 1.54) is 13.2 Å². The van der Waals surface area contributed by atoms with E-state index in [0.717, 1.165) is 31.9 Å². The predicted molar refractivity (Wildman–Crippen MR) is 122 cm³/mol. The summed E-state index contributed by atoms with van der Waals surface area (Å²) in [6.07, 6.45) is 3.01. The van der Waals surface area contributed by atoms with Crippen molar-refractivity contribution in [2.45, 2.75) is 6.92 Å². The first-order valence-electron chi connectivity index (χ1n) is 9.50. The molecule has 1 aliphatic rings. The molecule has 2 aromatic carbocycles. The van der Waals surface area contributed by atoms with E-state index in [9.17, 15) is 9.59 Å². The predicted octanol–water partition coefficient (Wildman–Crippen LogP) is 4.32. The highest BCUT2D eigenvalue weighted by Gasteiger charge is 2.18.